The molecule has 1 heteroatoms. The van der Waals surface area contributed by atoms with Gasteiger partial charge in [-0.2, -0.15) is 0 Å². The Balaban J connectivity index is 3.13. The van der Waals surface area contributed by atoms with E-state index in [0.717, 1.165) is 24.7 Å². The van der Waals surface area contributed by atoms with Gasteiger partial charge in [0.15, 0.2) is 0 Å². The minimum absolute atomic E-state index is 0.102. The molecule has 0 aromatic rings. The normalized spacial score (nSPS) is 14.1. The van der Waals surface area contributed by atoms with Crippen molar-refractivity contribution in [2.45, 2.75) is 40.0 Å². The molecule has 0 bridgehead atoms. The predicted molar refractivity (Wildman–Crippen MR) is 43.4 cm³/mol. The third-order valence-corrected chi connectivity index (χ3v) is 2.19. The first-order valence-corrected chi connectivity index (χ1v) is 4.26. The molecule has 0 aromatic heterocycles. The molecule has 0 aromatic carbocycles. The van der Waals surface area contributed by atoms with Crippen LogP contribution in [0.15, 0.2) is 0 Å². The quantitative estimate of drug-likeness (QED) is 0.527. The van der Waals surface area contributed by atoms with Gasteiger partial charge in [0.2, 0.25) is 0 Å². The topological polar surface area (TPSA) is 19.9 Å². The summed E-state index contributed by atoms with van der Waals surface area (Å²) < 4.78 is 0. The molecule has 0 aliphatic carbocycles. The van der Waals surface area contributed by atoms with E-state index in [1.54, 1.807) is 0 Å². The van der Waals surface area contributed by atoms with Crippen molar-refractivity contribution in [2.75, 3.05) is 6.61 Å². The minimum Gasteiger partial charge on any atom is -0.237 e. The lowest BCUT2D eigenvalue weighted by atomic mass is 9.93. The monoisotopic (exact) mass is 143 g/mol. The van der Waals surface area contributed by atoms with Gasteiger partial charge in [-0.25, -0.2) is 5.11 Å². The Bertz CT molecular complexity index is 69.1. The highest BCUT2D eigenvalue weighted by atomic mass is 16.2. The Morgan fingerprint density at radius 3 is 2.10 bits per heavy atom. The first-order chi connectivity index (χ1) is 4.68. The highest BCUT2D eigenvalue weighted by molar-refractivity contribution is 4.56. The Hall–Kier alpha value is -0.0400. The van der Waals surface area contributed by atoms with Crippen LogP contribution in [0.2, 0.25) is 0 Å². The van der Waals surface area contributed by atoms with Gasteiger partial charge in [-0.1, -0.05) is 33.6 Å². The van der Waals surface area contributed by atoms with E-state index in [9.17, 15) is 5.11 Å². The van der Waals surface area contributed by atoms with Crippen molar-refractivity contribution in [3.63, 3.8) is 0 Å². The van der Waals surface area contributed by atoms with E-state index in [-0.39, 0.29) is 6.61 Å². The van der Waals surface area contributed by atoms with Crippen LogP contribution in [0, 0.1) is 11.8 Å². The predicted octanol–water partition coefficient (Wildman–Crippen LogP) is 2.88. The standard InChI is InChI=1S/C9H19O/c1-8(2)9(3)6-4-5-7-10/h8-9H,4-7H2,1-3H3. The van der Waals surface area contributed by atoms with Crippen LogP contribution in [0.4, 0.5) is 0 Å². The van der Waals surface area contributed by atoms with E-state index in [4.69, 9.17) is 0 Å². The minimum atomic E-state index is 0.102. The summed E-state index contributed by atoms with van der Waals surface area (Å²) in [6.45, 7) is 6.84. The van der Waals surface area contributed by atoms with Crippen molar-refractivity contribution in [3.8, 4) is 0 Å². The van der Waals surface area contributed by atoms with Crippen LogP contribution in [-0.4, -0.2) is 6.61 Å². The van der Waals surface area contributed by atoms with Crippen LogP contribution in [0.5, 0.6) is 0 Å². The zero-order chi connectivity index (χ0) is 7.98. The largest absolute Gasteiger partial charge is 0.237 e. The Morgan fingerprint density at radius 1 is 1.10 bits per heavy atom. The van der Waals surface area contributed by atoms with Crippen LogP contribution in [0.1, 0.15) is 40.0 Å². The van der Waals surface area contributed by atoms with E-state index < -0.39 is 0 Å². The van der Waals surface area contributed by atoms with Crippen molar-refractivity contribution in [3.05, 3.63) is 0 Å². The fourth-order valence-electron chi connectivity index (χ4n) is 0.902. The van der Waals surface area contributed by atoms with Crippen molar-refractivity contribution in [2.24, 2.45) is 11.8 Å². The second-order valence-electron chi connectivity index (χ2n) is 3.42. The molecular formula is C9H19O. The van der Waals surface area contributed by atoms with Crippen LogP contribution in [0.25, 0.3) is 0 Å². The average Bonchev–Trinajstić information content (AvgIpc) is 1.88. The van der Waals surface area contributed by atoms with Crippen molar-refractivity contribution in [1.82, 2.24) is 0 Å². The summed E-state index contributed by atoms with van der Waals surface area (Å²) in [4.78, 5) is 0. The van der Waals surface area contributed by atoms with Crippen LogP contribution in [0.3, 0.4) is 0 Å². The third kappa shape index (κ3) is 4.80. The van der Waals surface area contributed by atoms with Gasteiger partial charge >= 0.3 is 0 Å². The summed E-state index contributed by atoms with van der Waals surface area (Å²) in [5, 5.41) is 10.1. The summed E-state index contributed by atoms with van der Waals surface area (Å²) in [5.74, 6) is 1.55. The lowest BCUT2D eigenvalue weighted by molar-refractivity contribution is 0.183. The summed E-state index contributed by atoms with van der Waals surface area (Å²) in [5.41, 5.74) is 0. The molecule has 0 heterocycles. The molecule has 10 heavy (non-hydrogen) atoms. The van der Waals surface area contributed by atoms with E-state index in [1.807, 2.05) is 0 Å². The average molecular weight is 143 g/mol. The summed E-state index contributed by atoms with van der Waals surface area (Å²) in [7, 11) is 0. The van der Waals surface area contributed by atoms with Crippen LogP contribution < -0.4 is 0 Å². The van der Waals surface area contributed by atoms with E-state index in [1.165, 1.54) is 6.42 Å². The highest BCUT2D eigenvalue weighted by Crippen LogP contribution is 2.16. The van der Waals surface area contributed by atoms with Gasteiger partial charge in [0.1, 0.15) is 0 Å². The highest BCUT2D eigenvalue weighted by Gasteiger charge is 2.05. The summed E-state index contributed by atoms with van der Waals surface area (Å²) in [6.07, 6.45) is 3.19. The number of hydrogen-bond acceptors (Lipinski definition) is 0. The zero-order valence-electron chi connectivity index (χ0n) is 7.39. The lowest BCUT2D eigenvalue weighted by Crippen LogP contribution is -2.03. The van der Waals surface area contributed by atoms with Gasteiger partial charge in [-0.3, -0.25) is 0 Å². The summed E-state index contributed by atoms with van der Waals surface area (Å²) in [6, 6.07) is 0. The zero-order valence-corrected chi connectivity index (χ0v) is 7.39. The van der Waals surface area contributed by atoms with E-state index in [2.05, 4.69) is 20.8 Å². The maximum Gasteiger partial charge on any atom is 0.0822 e. The second-order valence-corrected chi connectivity index (χ2v) is 3.42. The Labute approximate surface area is 64.5 Å². The third-order valence-electron chi connectivity index (χ3n) is 2.19. The maximum absolute atomic E-state index is 10.1. The first kappa shape index (κ1) is 9.96. The van der Waals surface area contributed by atoms with Crippen LogP contribution in [-0.2, 0) is 5.11 Å². The van der Waals surface area contributed by atoms with Crippen molar-refractivity contribution < 1.29 is 5.11 Å². The molecule has 0 saturated heterocycles. The van der Waals surface area contributed by atoms with Crippen molar-refractivity contribution >= 4 is 0 Å². The molecule has 0 spiro atoms. The smallest absolute Gasteiger partial charge is 0.0822 e. The van der Waals surface area contributed by atoms with Crippen LogP contribution >= 0.6 is 0 Å². The molecule has 0 aliphatic heterocycles. The first-order valence-electron chi connectivity index (χ1n) is 4.26. The van der Waals surface area contributed by atoms with Gasteiger partial charge in [0, 0.05) is 0 Å². The van der Waals surface area contributed by atoms with Crippen molar-refractivity contribution in [1.29, 1.82) is 0 Å². The molecule has 1 atom stereocenters. The SMILES string of the molecule is CC(C)C(C)CCCC[O]. The van der Waals surface area contributed by atoms with Gasteiger partial charge < -0.3 is 0 Å². The fraction of sp³-hybridized carbons (Fsp3) is 1.00. The van der Waals surface area contributed by atoms with Gasteiger partial charge in [-0.15, -0.1) is 0 Å². The molecule has 0 aliphatic rings. The Kier molecular flexibility index (Phi) is 5.70. The number of hydrogen-bond donors (Lipinski definition) is 0. The molecule has 61 valence electrons. The van der Waals surface area contributed by atoms with E-state index in [0.29, 0.717) is 0 Å². The molecule has 1 unspecified atom stereocenters. The van der Waals surface area contributed by atoms with E-state index >= 15 is 0 Å². The second kappa shape index (κ2) is 5.72. The number of rotatable bonds is 5. The summed E-state index contributed by atoms with van der Waals surface area (Å²) >= 11 is 0. The molecule has 1 radical (unpaired) electrons. The molecule has 0 fully saturated rings. The molecular weight excluding hydrogens is 124 g/mol. The molecule has 0 N–H and O–H groups in total. The molecule has 0 saturated carbocycles. The fourth-order valence-corrected chi connectivity index (χ4v) is 0.902. The van der Waals surface area contributed by atoms with Gasteiger partial charge in [-0.05, 0) is 18.3 Å². The van der Waals surface area contributed by atoms with Gasteiger partial charge in [0.05, 0.1) is 6.61 Å². The Morgan fingerprint density at radius 2 is 1.70 bits per heavy atom. The number of unbranched alkanes of at least 4 members (excludes halogenated alkanes) is 1. The molecule has 0 amide bonds. The maximum atomic E-state index is 10.1. The lowest BCUT2D eigenvalue weighted by Gasteiger charge is -2.13. The molecule has 0 rings (SSSR count). The molecule has 1 nitrogen and oxygen atoms in total. The van der Waals surface area contributed by atoms with Gasteiger partial charge in [0.25, 0.3) is 0 Å².